The smallest absolute Gasteiger partial charge is 0.123 e. The molecular formula is C22H25F2NO2. The Labute approximate surface area is 159 Å². The molecule has 0 atom stereocenters. The zero-order chi connectivity index (χ0) is 19.1. The van der Waals surface area contributed by atoms with Crippen LogP contribution in [0.25, 0.3) is 0 Å². The van der Waals surface area contributed by atoms with Crippen molar-refractivity contribution < 1.29 is 18.3 Å². The van der Waals surface area contributed by atoms with Gasteiger partial charge in [-0.2, -0.15) is 0 Å². The van der Waals surface area contributed by atoms with Gasteiger partial charge in [-0.15, -0.1) is 0 Å². The number of ether oxygens (including phenoxy) is 2. The lowest BCUT2D eigenvalue weighted by Crippen LogP contribution is -2.34. The highest BCUT2D eigenvalue weighted by molar-refractivity contribution is 5.30. The molecule has 1 saturated heterocycles. The van der Waals surface area contributed by atoms with Crippen molar-refractivity contribution in [3.63, 3.8) is 0 Å². The second-order valence-electron chi connectivity index (χ2n) is 6.71. The first kappa shape index (κ1) is 19.5. The summed E-state index contributed by atoms with van der Waals surface area (Å²) < 4.78 is 37.8. The predicted molar refractivity (Wildman–Crippen MR) is 101 cm³/mol. The summed E-state index contributed by atoms with van der Waals surface area (Å²) in [4.78, 5) is 2.36. The third-order valence-corrected chi connectivity index (χ3v) is 4.82. The highest BCUT2D eigenvalue weighted by Crippen LogP contribution is 2.27. The molecule has 3 rings (SSSR count). The zero-order valence-corrected chi connectivity index (χ0v) is 15.5. The molecule has 0 N–H and O–H groups in total. The molecule has 1 aliphatic rings. The summed E-state index contributed by atoms with van der Waals surface area (Å²) in [5.41, 5.74) is 3.05. The van der Waals surface area contributed by atoms with Crippen LogP contribution in [0.3, 0.4) is 0 Å². The molecule has 0 saturated carbocycles. The van der Waals surface area contributed by atoms with E-state index in [0.29, 0.717) is 6.61 Å². The van der Waals surface area contributed by atoms with E-state index < -0.39 is 0 Å². The molecule has 5 heteroatoms. The average molecular weight is 373 g/mol. The topological polar surface area (TPSA) is 21.7 Å². The average Bonchev–Trinajstić information content (AvgIpc) is 2.69. The largest absolute Gasteiger partial charge is 0.504 e. The Bertz CT molecular complexity index is 688. The number of likely N-dealkylation sites (tertiary alicyclic amines) is 1. The van der Waals surface area contributed by atoms with Gasteiger partial charge in [-0.05, 0) is 53.8 Å². The van der Waals surface area contributed by atoms with Gasteiger partial charge in [-0.25, -0.2) is 8.78 Å². The van der Waals surface area contributed by atoms with Crippen LogP contribution in [0, 0.1) is 11.6 Å². The fraction of sp³-hybridized carbons (Fsp3) is 0.364. The van der Waals surface area contributed by atoms with E-state index in [1.807, 2.05) is 6.26 Å². The maximum atomic E-state index is 13.3. The van der Waals surface area contributed by atoms with Crippen LogP contribution in [0.15, 0.2) is 60.4 Å². The van der Waals surface area contributed by atoms with Gasteiger partial charge in [-0.3, -0.25) is 0 Å². The quantitative estimate of drug-likeness (QED) is 0.657. The second kappa shape index (κ2) is 9.62. The van der Waals surface area contributed by atoms with Gasteiger partial charge < -0.3 is 14.4 Å². The van der Waals surface area contributed by atoms with Gasteiger partial charge in [0.15, 0.2) is 0 Å². The number of methoxy groups -OCH3 is 1. The number of nitrogens with zero attached hydrogens (tertiary/aromatic N) is 1. The molecule has 0 unspecified atom stereocenters. The Morgan fingerprint density at radius 3 is 1.93 bits per heavy atom. The van der Waals surface area contributed by atoms with E-state index in [1.165, 1.54) is 29.8 Å². The van der Waals surface area contributed by atoms with E-state index >= 15 is 0 Å². The van der Waals surface area contributed by atoms with E-state index in [1.54, 1.807) is 31.4 Å². The van der Waals surface area contributed by atoms with Crippen LogP contribution in [0.5, 0.6) is 0 Å². The molecule has 0 bridgehead atoms. The molecule has 1 aliphatic heterocycles. The number of rotatable bonds is 7. The standard InChI is InChI=1S/C22H25F2NO2/c1-26-16-17-10-12-25(13-11-17)14-15-27-22(18-2-6-20(23)7-3-18)19-4-8-21(24)9-5-19/h2-9,16,22H,10-15H2,1H3. The van der Waals surface area contributed by atoms with Crippen molar-refractivity contribution >= 4 is 0 Å². The van der Waals surface area contributed by atoms with Crippen LogP contribution in [-0.2, 0) is 9.47 Å². The Balaban J connectivity index is 1.61. The summed E-state index contributed by atoms with van der Waals surface area (Å²) in [7, 11) is 1.68. The summed E-state index contributed by atoms with van der Waals surface area (Å²) >= 11 is 0. The SMILES string of the molecule is COC=C1CCN(CCOC(c2ccc(F)cc2)c2ccc(F)cc2)CC1. The Kier molecular flexibility index (Phi) is 6.96. The maximum absolute atomic E-state index is 13.3. The van der Waals surface area contributed by atoms with Gasteiger partial charge in [0.05, 0.1) is 20.0 Å². The minimum absolute atomic E-state index is 0.287. The van der Waals surface area contributed by atoms with Gasteiger partial charge in [0.1, 0.15) is 17.7 Å². The van der Waals surface area contributed by atoms with Crippen LogP contribution in [0.4, 0.5) is 8.78 Å². The number of halogens is 2. The van der Waals surface area contributed by atoms with Crippen molar-refractivity contribution in [3.8, 4) is 0 Å². The van der Waals surface area contributed by atoms with Crippen LogP contribution >= 0.6 is 0 Å². The van der Waals surface area contributed by atoms with Crippen LogP contribution in [-0.4, -0.2) is 38.3 Å². The number of hydrogen-bond donors (Lipinski definition) is 0. The Morgan fingerprint density at radius 2 is 1.44 bits per heavy atom. The van der Waals surface area contributed by atoms with Crippen molar-refractivity contribution in [2.45, 2.75) is 18.9 Å². The van der Waals surface area contributed by atoms with E-state index in [9.17, 15) is 8.78 Å². The van der Waals surface area contributed by atoms with E-state index in [-0.39, 0.29) is 17.7 Å². The first-order valence-electron chi connectivity index (χ1n) is 9.21. The summed E-state index contributed by atoms with van der Waals surface area (Å²) in [5, 5.41) is 0. The Hall–Kier alpha value is -2.24. The molecule has 0 spiro atoms. The molecule has 3 nitrogen and oxygen atoms in total. The molecule has 0 aromatic heterocycles. The summed E-state index contributed by atoms with van der Waals surface area (Å²) in [6.07, 6.45) is 3.51. The lowest BCUT2D eigenvalue weighted by Gasteiger charge is -2.29. The number of piperidine rings is 1. The lowest BCUT2D eigenvalue weighted by molar-refractivity contribution is 0.0579. The molecule has 1 heterocycles. The predicted octanol–water partition coefficient (Wildman–Crippen LogP) is 4.70. The lowest BCUT2D eigenvalue weighted by atomic mass is 10.0. The monoisotopic (exact) mass is 373 g/mol. The van der Waals surface area contributed by atoms with Crippen molar-refractivity contribution in [2.24, 2.45) is 0 Å². The van der Waals surface area contributed by atoms with Crippen molar-refractivity contribution in [1.82, 2.24) is 4.90 Å². The van der Waals surface area contributed by atoms with Crippen molar-refractivity contribution in [3.05, 3.63) is 83.1 Å². The van der Waals surface area contributed by atoms with Crippen LogP contribution in [0.2, 0.25) is 0 Å². The first-order chi connectivity index (χ1) is 13.2. The molecule has 1 fully saturated rings. The van der Waals surface area contributed by atoms with Gasteiger partial charge in [0, 0.05) is 19.6 Å². The van der Waals surface area contributed by atoms with Gasteiger partial charge in [0.25, 0.3) is 0 Å². The second-order valence-corrected chi connectivity index (χ2v) is 6.71. The first-order valence-corrected chi connectivity index (χ1v) is 9.21. The molecule has 144 valence electrons. The highest BCUT2D eigenvalue weighted by atomic mass is 19.1. The van der Waals surface area contributed by atoms with Crippen LogP contribution < -0.4 is 0 Å². The highest BCUT2D eigenvalue weighted by Gasteiger charge is 2.18. The normalized spacial score (nSPS) is 15.2. The van der Waals surface area contributed by atoms with Gasteiger partial charge >= 0.3 is 0 Å². The maximum Gasteiger partial charge on any atom is 0.123 e. The molecular weight excluding hydrogens is 348 g/mol. The van der Waals surface area contributed by atoms with Crippen molar-refractivity contribution in [2.75, 3.05) is 33.4 Å². The molecule has 0 radical (unpaired) electrons. The third kappa shape index (κ3) is 5.62. The molecule has 2 aromatic rings. The minimum Gasteiger partial charge on any atom is -0.504 e. The molecule has 27 heavy (non-hydrogen) atoms. The number of benzene rings is 2. The molecule has 0 amide bonds. The summed E-state index contributed by atoms with van der Waals surface area (Å²) in [5.74, 6) is -0.574. The Morgan fingerprint density at radius 1 is 0.926 bits per heavy atom. The van der Waals surface area contributed by atoms with E-state index in [0.717, 1.165) is 43.6 Å². The zero-order valence-electron chi connectivity index (χ0n) is 15.5. The minimum atomic E-state index is -0.347. The fourth-order valence-electron chi connectivity index (χ4n) is 3.31. The molecule has 2 aromatic carbocycles. The van der Waals surface area contributed by atoms with E-state index in [2.05, 4.69) is 4.90 Å². The number of hydrogen-bond acceptors (Lipinski definition) is 3. The molecule has 0 aliphatic carbocycles. The van der Waals surface area contributed by atoms with Crippen LogP contribution in [0.1, 0.15) is 30.1 Å². The fourth-order valence-corrected chi connectivity index (χ4v) is 3.31. The summed E-state index contributed by atoms with van der Waals surface area (Å²) in [6.45, 7) is 3.33. The summed E-state index contributed by atoms with van der Waals surface area (Å²) in [6, 6.07) is 12.5. The third-order valence-electron chi connectivity index (χ3n) is 4.82. The van der Waals surface area contributed by atoms with E-state index in [4.69, 9.17) is 9.47 Å². The van der Waals surface area contributed by atoms with Gasteiger partial charge in [-0.1, -0.05) is 24.3 Å². The van der Waals surface area contributed by atoms with Gasteiger partial charge in [0.2, 0.25) is 0 Å². The van der Waals surface area contributed by atoms with Crippen molar-refractivity contribution in [1.29, 1.82) is 0 Å².